The first-order valence-corrected chi connectivity index (χ1v) is 10.8. The van der Waals surface area contributed by atoms with Gasteiger partial charge in [0.1, 0.15) is 0 Å². The second kappa shape index (κ2) is 7.22. The lowest BCUT2D eigenvalue weighted by Gasteiger charge is -2.18. The van der Waals surface area contributed by atoms with Crippen LogP contribution in [0.1, 0.15) is 34.0 Å². The Bertz CT molecular complexity index is 1070. The molecule has 0 bridgehead atoms. The number of nitrogens with zero attached hydrogens (tertiary/aromatic N) is 1. The quantitative estimate of drug-likeness (QED) is 0.817. The Hall–Kier alpha value is -2.38. The van der Waals surface area contributed by atoms with Crippen LogP contribution < -0.4 is 9.62 Å². The zero-order valence-electron chi connectivity index (χ0n) is 16.0. The van der Waals surface area contributed by atoms with Crippen molar-refractivity contribution in [3.63, 3.8) is 0 Å². The van der Waals surface area contributed by atoms with Crippen LogP contribution in [-0.2, 0) is 14.8 Å². The lowest BCUT2D eigenvalue weighted by atomic mass is 10.0. The normalized spacial score (nSPS) is 18.4. The summed E-state index contributed by atoms with van der Waals surface area (Å²) in [6.07, 6.45) is 0. The number of anilines is 2. The van der Waals surface area contributed by atoms with Crippen molar-refractivity contribution in [2.24, 2.45) is 5.92 Å². The number of nitrogens with one attached hydrogen (secondary N) is 1. The summed E-state index contributed by atoms with van der Waals surface area (Å²) < 4.78 is 25.5. The van der Waals surface area contributed by atoms with E-state index in [4.69, 9.17) is 11.6 Å². The van der Waals surface area contributed by atoms with Crippen molar-refractivity contribution in [2.45, 2.75) is 27.7 Å². The number of rotatable bonds is 3. The summed E-state index contributed by atoms with van der Waals surface area (Å²) in [6, 6.07) is 8.19. The van der Waals surface area contributed by atoms with Crippen LogP contribution in [0.3, 0.4) is 0 Å². The number of amides is 2. The monoisotopic (exact) mass is 420 g/mol. The maximum Gasteiger partial charge on any atom is 0.255 e. The van der Waals surface area contributed by atoms with Gasteiger partial charge in [-0.3, -0.25) is 9.59 Å². The third-order valence-corrected chi connectivity index (χ3v) is 6.88. The molecule has 1 N–H and O–H groups in total. The van der Waals surface area contributed by atoms with Crippen LogP contribution in [0.15, 0.2) is 30.3 Å². The van der Waals surface area contributed by atoms with Crippen molar-refractivity contribution in [2.75, 3.05) is 15.4 Å². The highest BCUT2D eigenvalue weighted by molar-refractivity contribution is 7.94. The molecule has 0 spiro atoms. The highest BCUT2D eigenvalue weighted by Crippen LogP contribution is 2.34. The predicted molar refractivity (Wildman–Crippen MR) is 110 cm³/mol. The summed E-state index contributed by atoms with van der Waals surface area (Å²) in [5.41, 5.74) is 3.85. The fraction of sp³-hybridized carbons (Fsp3) is 0.300. The van der Waals surface area contributed by atoms with Gasteiger partial charge in [0, 0.05) is 11.3 Å². The van der Waals surface area contributed by atoms with Gasteiger partial charge in [-0.1, -0.05) is 36.2 Å². The molecule has 8 heteroatoms. The van der Waals surface area contributed by atoms with Crippen molar-refractivity contribution in [1.29, 1.82) is 0 Å². The summed E-state index contributed by atoms with van der Waals surface area (Å²) in [6.45, 7) is 7.33. The van der Waals surface area contributed by atoms with Gasteiger partial charge in [0.15, 0.2) is 0 Å². The van der Waals surface area contributed by atoms with Gasteiger partial charge in [-0.2, -0.15) is 0 Å². The maximum absolute atomic E-state index is 12.8. The molecule has 2 aromatic rings. The molecule has 0 aliphatic carbocycles. The van der Waals surface area contributed by atoms with Crippen LogP contribution in [0.4, 0.5) is 11.4 Å². The summed E-state index contributed by atoms with van der Waals surface area (Å²) in [7, 11) is -3.81. The van der Waals surface area contributed by atoms with E-state index >= 15 is 0 Å². The Balaban J connectivity index is 1.98. The topological polar surface area (TPSA) is 83.6 Å². The van der Waals surface area contributed by atoms with Crippen LogP contribution in [0, 0.1) is 26.7 Å². The third kappa shape index (κ3) is 3.64. The van der Waals surface area contributed by atoms with E-state index in [1.165, 1.54) is 18.2 Å². The molecule has 0 aromatic heterocycles. The molecule has 1 heterocycles. The fourth-order valence-electron chi connectivity index (χ4n) is 3.44. The molecule has 1 unspecified atom stereocenters. The molecule has 2 aromatic carbocycles. The zero-order valence-corrected chi connectivity index (χ0v) is 17.6. The number of hydrogen-bond donors (Lipinski definition) is 1. The van der Waals surface area contributed by atoms with Gasteiger partial charge in [0.2, 0.25) is 15.9 Å². The molecule has 1 atom stereocenters. The fourth-order valence-corrected chi connectivity index (χ4v) is 5.52. The highest BCUT2D eigenvalue weighted by Gasteiger charge is 2.43. The van der Waals surface area contributed by atoms with Crippen LogP contribution in [0.2, 0.25) is 5.02 Å². The van der Waals surface area contributed by atoms with Gasteiger partial charge < -0.3 is 5.32 Å². The van der Waals surface area contributed by atoms with Gasteiger partial charge in [-0.15, -0.1) is 0 Å². The first kappa shape index (κ1) is 20.4. The smallest absolute Gasteiger partial charge is 0.255 e. The van der Waals surface area contributed by atoms with E-state index in [0.29, 0.717) is 9.99 Å². The highest BCUT2D eigenvalue weighted by atomic mass is 35.5. The zero-order chi connectivity index (χ0) is 20.8. The lowest BCUT2D eigenvalue weighted by Crippen LogP contribution is -2.30. The average Bonchev–Trinajstić information content (AvgIpc) is 2.79. The van der Waals surface area contributed by atoms with E-state index in [1.54, 1.807) is 6.92 Å². The summed E-state index contributed by atoms with van der Waals surface area (Å²) in [5.74, 6) is -1.90. The van der Waals surface area contributed by atoms with Crippen LogP contribution in [0.25, 0.3) is 0 Å². The molecule has 1 aliphatic heterocycles. The molecule has 28 heavy (non-hydrogen) atoms. The lowest BCUT2D eigenvalue weighted by molar-refractivity contribution is -0.119. The molecule has 0 saturated carbocycles. The van der Waals surface area contributed by atoms with Gasteiger partial charge in [0.05, 0.1) is 22.4 Å². The van der Waals surface area contributed by atoms with Gasteiger partial charge in [0.25, 0.3) is 5.91 Å². The van der Waals surface area contributed by atoms with Crippen molar-refractivity contribution in [1.82, 2.24) is 0 Å². The molecule has 6 nitrogen and oxygen atoms in total. The van der Waals surface area contributed by atoms with Crippen LogP contribution in [-0.4, -0.2) is 26.0 Å². The second-order valence-corrected chi connectivity index (χ2v) is 9.45. The largest absolute Gasteiger partial charge is 0.322 e. The molecule has 1 saturated heterocycles. The minimum Gasteiger partial charge on any atom is -0.322 e. The molecule has 2 amide bonds. The molecular formula is C20H21ClN2O4S. The Labute approximate surface area is 169 Å². The number of carbonyl (C=O) groups excluding carboxylic acids is 2. The van der Waals surface area contributed by atoms with Gasteiger partial charge >= 0.3 is 0 Å². The van der Waals surface area contributed by atoms with E-state index < -0.39 is 27.8 Å². The van der Waals surface area contributed by atoms with Crippen molar-refractivity contribution in [3.8, 4) is 0 Å². The van der Waals surface area contributed by atoms with E-state index in [2.05, 4.69) is 5.32 Å². The van der Waals surface area contributed by atoms with E-state index in [-0.39, 0.29) is 22.0 Å². The maximum atomic E-state index is 12.8. The number of sulfonamides is 1. The summed E-state index contributed by atoms with van der Waals surface area (Å²) in [4.78, 5) is 25.1. The Morgan fingerprint density at radius 1 is 1.14 bits per heavy atom. The second-order valence-electron chi connectivity index (χ2n) is 7.18. The van der Waals surface area contributed by atoms with E-state index in [9.17, 15) is 18.0 Å². The number of benzene rings is 2. The number of aryl methyl sites for hydroxylation is 3. The third-order valence-electron chi connectivity index (χ3n) is 4.70. The van der Waals surface area contributed by atoms with Crippen molar-refractivity contribution >= 4 is 44.8 Å². The Morgan fingerprint density at radius 2 is 1.75 bits per heavy atom. The summed E-state index contributed by atoms with van der Waals surface area (Å²) in [5, 5.41) is 2.95. The van der Waals surface area contributed by atoms with Crippen LogP contribution in [0.5, 0.6) is 0 Å². The molecule has 0 radical (unpaired) electrons. The average molecular weight is 421 g/mol. The molecule has 1 aliphatic rings. The molecule has 148 valence electrons. The van der Waals surface area contributed by atoms with Gasteiger partial charge in [-0.25, -0.2) is 12.7 Å². The molecular weight excluding hydrogens is 400 g/mol. The Morgan fingerprint density at radius 3 is 2.29 bits per heavy atom. The van der Waals surface area contributed by atoms with Gasteiger partial charge in [-0.05, 0) is 50.1 Å². The Kier molecular flexibility index (Phi) is 5.25. The predicted octanol–water partition coefficient (Wildman–Crippen LogP) is 3.83. The molecule has 1 fully saturated rings. The standard InChI is InChI=1S/C20H21ClN2O4S/c1-11-7-12(2)18(13(3)8-11)22-19(24)15-5-6-16(21)17(9-15)23-20(25)14(4)10-28(23,26)27/h5-9,14H,10H2,1-4H3,(H,22,24). The van der Waals surface area contributed by atoms with Crippen molar-refractivity contribution < 1.29 is 18.0 Å². The van der Waals surface area contributed by atoms with Crippen LogP contribution >= 0.6 is 11.6 Å². The number of hydrogen-bond acceptors (Lipinski definition) is 4. The minimum atomic E-state index is -3.81. The number of carbonyl (C=O) groups is 2. The first-order valence-electron chi connectivity index (χ1n) is 8.77. The van der Waals surface area contributed by atoms with E-state index in [0.717, 1.165) is 16.7 Å². The summed E-state index contributed by atoms with van der Waals surface area (Å²) >= 11 is 6.16. The van der Waals surface area contributed by atoms with Crippen molar-refractivity contribution in [3.05, 3.63) is 57.6 Å². The minimum absolute atomic E-state index is 0.000941. The molecule has 3 rings (SSSR count). The SMILES string of the molecule is Cc1cc(C)c(NC(=O)c2ccc(Cl)c(N3C(=O)C(C)CS3(=O)=O)c2)c(C)c1. The first-order chi connectivity index (χ1) is 13.0. The van der Waals surface area contributed by atoms with E-state index in [1.807, 2.05) is 32.9 Å². The number of halogens is 1.